The lowest BCUT2D eigenvalue weighted by molar-refractivity contribution is -0.136. The van der Waals surface area contributed by atoms with Gasteiger partial charge >= 0.3 is 0 Å². The van der Waals surface area contributed by atoms with Crippen LogP contribution < -0.4 is 10.1 Å². The Morgan fingerprint density at radius 3 is 2.69 bits per heavy atom. The number of benzene rings is 2. The molecule has 2 aromatic rings. The number of nitrogens with one attached hydrogen (secondary N) is 1. The maximum atomic E-state index is 13.5. The molecule has 2 unspecified atom stereocenters. The first-order chi connectivity index (χ1) is 12.7. The maximum Gasteiger partial charge on any atom is 0.230 e. The predicted molar refractivity (Wildman–Crippen MR) is 97.8 cm³/mol. The van der Waals surface area contributed by atoms with E-state index in [0.717, 1.165) is 16.9 Å². The molecule has 2 aromatic carbocycles. The summed E-state index contributed by atoms with van der Waals surface area (Å²) in [6, 6.07) is 17.3. The number of para-hydroxylation sites is 1. The van der Waals surface area contributed by atoms with E-state index in [1.165, 1.54) is 0 Å². The van der Waals surface area contributed by atoms with Crippen molar-refractivity contribution in [2.75, 3.05) is 19.7 Å². The first-order valence-corrected chi connectivity index (χ1v) is 9.08. The molecule has 4 rings (SSSR count). The van der Waals surface area contributed by atoms with Crippen LogP contribution in [0.25, 0.3) is 0 Å². The number of fused-ring (bicyclic) bond motifs is 1. The molecule has 5 nitrogen and oxygen atoms in total. The first kappa shape index (κ1) is 16.6. The van der Waals surface area contributed by atoms with E-state index in [0.29, 0.717) is 32.5 Å². The molecule has 0 bridgehead atoms. The molecule has 2 aliphatic rings. The molecular weight excluding hydrogens is 328 g/mol. The zero-order valence-corrected chi connectivity index (χ0v) is 14.6. The maximum absolute atomic E-state index is 13.5. The van der Waals surface area contributed by atoms with Crippen molar-refractivity contribution in [3.8, 4) is 5.75 Å². The van der Waals surface area contributed by atoms with E-state index in [1.807, 2.05) is 59.5 Å². The van der Waals surface area contributed by atoms with Crippen molar-refractivity contribution in [3.63, 3.8) is 0 Å². The third-order valence-corrected chi connectivity index (χ3v) is 5.15. The van der Waals surface area contributed by atoms with Crippen molar-refractivity contribution >= 4 is 11.8 Å². The number of carbonyl (C=O) groups is 2. The molecule has 1 saturated heterocycles. The number of carbonyl (C=O) groups excluding carboxylic acids is 2. The highest BCUT2D eigenvalue weighted by atomic mass is 16.5. The lowest BCUT2D eigenvalue weighted by Gasteiger charge is -2.34. The fraction of sp³-hybridized carbons (Fsp3) is 0.333. The Hall–Kier alpha value is -2.82. The Bertz CT molecular complexity index is 806. The summed E-state index contributed by atoms with van der Waals surface area (Å²) < 4.78 is 5.71. The summed E-state index contributed by atoms with van der Waals surface area (Å²) in [7, 11) is 0. The standard InChI is InChI=1S/C21H22N2O3/c24-20-14-18(15-6-2-1-3-7-15)23(12-11-22-20)21(25)17-10-13-26-19-9-5-4-8-16(17)19/h1-9,17-18H,10-14H2,(H,22,24). The predicted octanol–water partition coefficient (Wildman–Crippen LogP) is 2.64. The quantitative estimate of drug-likeness (QED) is 0.906. The number of nitrogens with zero attached hydrogens (tertiary/aromatic N) is 1. The normalized spacial score (nSPS) is 22.6. The fourth-order valence-corrected chi connectivity index (χ4v) is 3.87. The second-order valence-corrected chi connectivity index (χ2v) is 6.74. The molecule has 1 N–H and O–H groups in total. The van der Waals surface area contributed by atoms with Gasteiger partial charge in [0.1, 0.15) is 5.75 Å². The number of rotatable bonds is 2. The van der Waals surface area contributed by atoms with Gasteiger partial charge in [-0.3, -0.25) is 9.59 Å². The van der Waals surface area contributed by atoms with Gasteiger partial charge in [-0.05, 0) is 18.1 Å². The monoisotopic (exact) mass is 350 g/mol. The SMILES string of the molecule is O=C1CC(c2ccccc2)N(C(=O)C2CCOc3ccccc32)CCN1. The highest BCUT2D eigenvalue weighted by molar-refractivity contribution is 5.87. The zero-order chi connectivity index (χ0) is 17.9. The Balaban J connectivity index is 1.68. The van der Waals surface area contributed by atoms with Crippen LogP contribution in [-0.2, 0) is 9.59 Å². The van der Waals surface area contributed by atoms with Crippen molar-refractivity contribution in [1.82, 2.24) is 10.2 Å². The number of ether oxygens (including phenoxy) is 1. The first-order valence-electron chi connectivity index (χ1n) is 9.08. The number of amides is 2. The molecule has 2 heterocycles. The smallest absolute Gasteiger partial charge is 0.230 e. The van der Waals surface area contributed by atoms with Crippen LogP contribution >= 0.6 is 0 Å². The second-order valence-electron chi connectivity index (χ2n) is 6.74. The average molecular weight is 350 g/mol. The minimum atomic E-state index is -0.235. The summed E-state index contributed by atoms with van der Waals surface area (Å²) in [5, 5.41) is 2.89. The van der Waals surface area contributed by atoms with E-state index < -0.39 is 0 Å². The van der Waals surface area contributed by atoms with E-state index in [4.69, 9.17) is 4.74 Å². The number of hydrogen-bond acceptors (Lipinski definition) is 3. The average Bonchev–Trinajstić information content (AvgIpc) is 2.89. The van der Waals surface area contributed by atoms with Crippen molar-refractivity contribution in [3.05, 3.63) is 65.7 Å². The van der Waals surface area contributed by atoms with Crippen LogP contribution in [0.5, 0.6) is 5.75 Å². The number of hydrogen-bond donors (Lipinski definition) is 1. The van der Waals surface area contributed by atoms with Gasteiger partial charge in [-0.2, -0.15) is 0 Å². The van der Waals surface area contributed by atoms with Gasteiger partial charge < -0.3 is 15.0 Å². The van der Waals surface area contributed by atoms with Gasteiger partial charge in [-0.15, -0.1) is 0 Å². The summed E-state index contributed by atoms with van der Waals surface area (Å²) in [5.41, 5.74) is 1.94. The lowest BCUT2D eigenvalue weighted by Crippen LogP contribution is -2.40. The van der Waals surface area contributed by atoms with Gasteiger partial charge in [0.05, 0.1) is 25.0 Å². The Morgan fingerprint density at radius 2 is 1.85 bits per heavy atom. The molecule has 0 radical (unpaired) electrons. The highest BCUT2D eigenvalue weighted by Gasteiger charge is 2.36. The molecule has 26 heavy (non-hydrogen) atoms. The topological polar surface area (TPSA) is 58.6 Å². The van der Waals surface area contributed by atoms with Gasteiger partial charge in [0.15, 0.2) is 0 Å². The molecule has 2 amide bonds. The van der Waals surface area contributed by atoms with Gasteiger partial charge in [0, 0.05) is 18.7 Å². The molecule has 5 heteroatoms. The molecule has 0 aliphatic carbocycles. The van der Waals surface area contributed by atoms with Crippen molar-refractivity contribution < 1.29 is 14.3 Å². The van der Waals surface area contributed by atoms with Crippen LogP contribution in [0.1, 0.15) is 35.9 Å². The molecule has 2 atom stereocenters. The third kappa shape index (κ3) is 3.17. The van der Waals surface area contributed by atoms with E-state index in [9.17, 15) is 9.59 Å². The fourth-order valence-electron chi connectivity index (χ4n) is 3.87. The molecular formula is C21H22N2O3. The summed E-state index contributed by atoms with van der Waals surface area (Å²) >= 11 is 0. The van der Waals surface area contributed by atoms with E-state index in [-0.39, 0.29) is 23.8 Å². The van der Waals surface area contributed by atoms with Gasteiger partial charge in [0.2, 0.25) is 11.8 Å². The van der Waals surface area contributed by atoms with Crippen molar-refractivity contribution in [2.45, 2.75) is 24.8 Å². The minimum absolute atomic E-state index is 0.0125. The highest BCUT2D eigenvalue weighted by Crippen LogP contribution is 2.37. The largest absolute Gasteiger partial charge is 0.493 e. The molecule has 0 saturated carbocycles. The van der Waals surface area contributed by atoms with Gasteiger partial charge in [-0.25, -0.2) is 0 Å². The van der Waals surface area contributed by atoms with Gasteiger partial charge in [0.25, 0.3) is 0 Å². The summed E-state index contributed by atoms with van der Waals surface area (Å²) in [6.45, 7) is 1.54. The summed E-state index contributed by atoms with van der Waals surface area (Å²) in [6.07, 6.45) is 0.954. The lowest BCUT2D eigenvalue weighted by atomic mass is 9.90. The molecule has 0 spiro atoms. The Labute approximate surface area is 153 Å². The van der Waals surface area contributed by atoms with Crippen LogP contribution in [-0.4, -0.2) is 36.4 Å². The van der Waals surface area contributed by atoms with Gasteiger partial charge in [-0.1, -0.05) is 48.5 Å². The molecule has 134 valence electrons. The zero-order valence-electron chi connectivity index (χ0n) is 14.6. The second kappa shape index (κ2) is 7.20. The van der Waals surface area contributed by atoms with Crippen molar-refractivity contribution in [1.29, 1.82) is 0 Å². The minimum Gasteiger partial charge on any atom is -0.493 e. The third-order valence-electron chi connectivity index (χ3n) is 5.15. The van der Waals surface area contributed by atoms with Crippen LogP contribution in [0.3, 0.4) is 0 Å². The van der Waals surface area contributed by atoms with Crippen molar-refractivity contribution in [2.24, 2.45) is 0 Å². The van der Waals surface area contributed by atoms with E-state index in [1.54, 1.807) is 0 Å². The Kier molecular flexibility index (Phi) is 4.61. The summed E-state index contributed by atoms with van der Waals surface area (Å²) in [4.78, 5) is 27.5. The molecule has 1 fully saturated rings. The van der Waals surface area contributed by atoms with E-state index in [2.05, 4.69) is 5.32 Å². The molecule has 2 aliphatic heterocycles. The van der Waals surface area contributed by atoms with Crippen LogP contribution in [0, 0.1) is 0 Å². The van der Waals surface area contributed by atoms with Crippen LogP contribution in [0.15, 0.2) is 54.6 Å². The Morgan fingerprint density at radius 1 is 1.08 bits per heavy atom. The van der Waals surface area contributed by atoms with Crippen LogP contribution in [0.2, 0.25) is 0 Å². The van der Waals surface area contributed by atoms with Crippen LogP contribution in [0.4, 0.5) is 0 Å². The van der Waals surface area contributed by atoms with E-state index >= 15 is 0 Å². The summed E-state index contributed by atoms with van der Waals surface area (Å²) in [5.74, 6) is 0.629. The molecule has 0 aromatic heterocycles.